The molecule has 1 heterocycles. The van der Waals surface area contributed by atoms with E-state index in [1.807, 2.05) is 79.7 Å². The van der Waals surface area contributed by atoms with Gasteiger partial charge in [-0.15, -0.1) is 0 Å². The molecule has 0 unspecified atom stereocenters. The molecule has 1 aromatic heterocycles. The Bertz CT molecular complexity index is 1310. The molecule has 1 fully saturated rings. The molecule has 4 aromatic rings. The number of hydrogen-bond donors (Lipinski definition) is 2. The van der Waals surface area contributed by atoms with Gasteiger partial charge in [-0.25, -0.2) is 4.98 Å². The summed E-state index contributed by atoms with van der Waals surface area (Å²) in [5.41, 5.74) is 1.70. The van der Waals surface area contributed by atoms with Gasteiger partial charge in [-0.05, 0) is 60.6 Å². The molecule has 3 aromatic carbocycles. The number of carbonyl (C=O) groups excluding carboxylic acids is 1. The van der Waals surface area contributed by atoms with Crippen LogP contribution in [0.5, 0.6) is 0 Å². The number of hydrogen-bond acceptors (Lipinski definition) is 5. The minimum absolute atomic E-state index is 0.0119. The average Bonchev–Trinajstić information content (AvgIpc) is 2.87. The Morgan fingerprint density at radius 1 is 0.882 bits per heavy atom. The third-order valence-electron chi connectivity index (χ3n) is 6.77. The number of rotatable bonds is 6. The molecule has 1 amide bonds. The van der Waals surface area contributed by atoms with Crippen LogP contribution < -0.4 is 15.5 Å². The number of nitrogens with one attached hydrogen (secondary N) is 2. The van der Waals surface area contributed by atoms with Crippen LogP contribution in [-0.2, 0) is 0 Å². The van der Waals surface area contributed by atoms with E-state index < -0.39 is 0 Å². The highest BCUT2D eigenvalue weighted by Gasteiger charge is 2.23. The fourth-order valence-corrected chi connectivity index (χ4v) is 4.91. The summed E-state index contributed by atoms with van der Waals surface area (Å²) >= 11 is 0. The van der Waals surface area contributed by atoms with Crippen molar-refractivity contribution >= 4 is 39.3 Å². The lowest BCUT2D eigenvalue weighted by molar-refractivity contribution is 0.0945. The Hall–Kier alpha value is -3.67. The van der Waals surface area contributed by atoms with E-state index in [9.17, 15) is 4.79 Å². The van der Waals surface area contributed by atoms with E-state index in [2.05, 4.69) is 16.7 Å². The number of anilines is 2. The molecular formula is C28H31N5O. The molecule has 0 bridgehead atoms. The van der Waals surface area contributed by atoms with Crippen molar-refractivity contribution < 1.29 is 4.79 Å². The summed E-state index contributed by atoms with van der Waals surface area (Å²) in [6, 6.07) is 22.4. The monoisotopic (exact) mass is 453 g/mol. The standard InChI is InChI=1S/C28H31N5O/c1-33(2)26-24-11-5-6-13-25(24)31-28(32-26)30-21-16-14-19(15-17-21)18-29-27(34)23-12-7-9-20-8-3-4-10-22(20)23/h3-13,19,21H,14-18H2,1-2H3,(H,29,34)(H,30,31,32)/t19-,21+. The average molecular weight is 454 g/mol. The lowest BCUT2D eigenvalue weighted by Crippen LogP contribution is -2.34. The highest BCUT2D eigenvalue weighted by atomic mass is 16.1. The Balaban J connectivity index is 1.17. The van der Waals surface area contributed by atoms with E-state index in [1.54, 1.807) is 0 Å². The molecule has 1 saturated carbocycles. The first-order valence-electron chi connectivity index (χ1n) is 12.0. The third-order valence-corrected chi connectivity index (χ3v) is 6.77. The van der Waals surface area contributed by atoms with E-state index in [0.29, 0.717) is 24.5 Å². The topological polar surface area (TPSA) is 70.2 Å². The van der Waals surface area contributed by atoms with Crippen molar-refractivity contribution in [3.8, 4) is 0 Å². The summed E-state index contributed by atoms with van der Waals surface area (Å²) < 4.78 is 0. The van der Waals surface area contributed by atoms with Gasteiger partial charge in [0.1, 0.15) is 5.82 Å². The molecule has 0 saturated heterocycles. The number of para-hydroxylation sites is 1. The van der Waals surface area contributed by atoms with E-state index in [1.165, 1.54) is 0 Å². The first-order valence-corrected chi connectivity index (χ1v) is 12.0. The van der Waals surface area contributed by atoms with E-state index in [4.69, 9.17) is 9.97 Å². The van der Waals surface area contributed by atoms with Crippen LogP contribution in [0.25, 0.3) is 21.7 Å². The maximum atomic E-state index is 12.9. The Labute approximate surface area is 200 Å². The van der Waals surface area contributed by atoms with Crippen LogP contribution in [0.2, 0.25) is 0 Å². The molecule has 6 heteroatoms. The molecule has 0 spiro atoms. The van der Waals surface area contributed by atoms with Crippen LogP contribution in [0, 0.1) is 5.92 Å². The van der Waals surface area contributed by atoms with Gasteiger partial charge in [-0.1, -0.05) is 48.5 Å². The van der Waals surface area contributed by atoms with Gasteiger partial charge in [0, 0.05) is 37.6 Å². The quantitative estimate of drug-likeness (QED) is 0.417. The molecule has 1 aliphatic rings. The summed E-state index contributed by atoms with van der Waals surface area (Å²) in [6.07, 6.45) is 4.23. The smallest absolute Gasteiger partial charge is 0.251 e. The number of amides is 1. The number of benzene rings is 3. The highest BCUT2D eigenvalue weighted by Crippen LogP contribution is 2.28. The number of aromatic nitrogens is 2. The lowest BCUT2D eigenvalue weighted by atomic mass is 9.86. The zero-order chi connectivity index (χ0) is 23.5. The fourth-order valence-electron chi connectivity index (χ4n) is 4.91. The van der Waals surface area contributed by atoms with Crippen LogP contribution in [-0.4, -0.2) is 42.6 Å². The Morgan fingerprint density at radius 3 is 2.38 bits per heavy atom. The van der Waals surface area contributed by atoms with Crippen LogP contribution in [0.4, 0.5) is 11.8 Å². The van der Waals surface area contributed by atoms with Gasteiger partial charge < -0.3 is 15.5 Å². The van der Waals surface area contributed by atoms with E-state index in [0.717, 1.165) is 58.7 Å². The maximum absolute atomic E-state index is 12.9. The fraction of sp³-hybridized carbons (Fsp3) is 0.321. The molecule has 0 aliphatic heterocycles. The van der Waals surface area contributed by atoms with Crippen molar-refractivity contribution in [3.63, 3.8) is 0 Å². The zero-order valence-corrected chi connectivity index (χ0v) is 19.8. The van der Waals surface area contributed by atoms with Crippen molar-refractivity contribution in [2.75, 3.05) is 30.9 Å². The van der Waals surface area contributed by atoms with Crippen molar-refractivity contribution in [1.29, 1.82) is 0 Å². The number of nitrogens with zero attached hydrogens (tertiary/aromatic N) is 3. The molecule has 0 atom stereocenters. The third kappa shape index (κ3) is 4.67. The van der Waals surface area contributed by atoms with E-state index >= 15 is 0 Å². The van der Waals surface area contributed by atoms with Gasteiger partial charge >= 0.3 is 0 Å². The summed E-state index contributed by atoms with van der Waals surface area (Å²) in [4.78, 5) is 24.4. The van der Waals surface area contributed by atoms with Crippen LogP contribution in [0.1, 0.15) is 36.0 Å². The van der Waals surface area contributed by atoms with Crippen molar-refractivity contribution in [1.82, 2.24) is 15.3 Å². The first kappa shape index (κ1) is 22.1. The van der Waals surface area contributed by atoms with Crippen LogP contribution in [0.15, 0.2) is 66.7 Å². The second-order valence-corrected chi connectivity index (χ2v) is 9.38. The van der Waals surface area contributed by atoms with Crippen molar-refractivity contribution in [2.24, 2.45) is 5.92 Å². The van der Waals surface area contributed by atoms with Gasteiger partial charge in [-0.3, -0.25) is 4.79 Å². The molecule has 2 N–H and O–H groups in total. The van der Waals surface area contributed by atoms with Gasteiger partial charge in [0.15, 0.2) is 0 Å². The SMILES string of the molecule is CN(C)c1nc(N[C@H]2CC[C@@H](CNC(=O)c3cccc4ccccc34)CC2)nc2ccccc12. The van der Waals surface area contributed by atoms with Gasteiger partial charge in [-0.2, -0.15) is 4.98 Å². The molecule has 1 aliphatic carbocycles. The molecule has 174 valence electrons. The minimum Gasteiger partial charge on any atom is -0.362 e. The Kier molecular flexibility index (Phi) is 6.30. The summed E-state index contributed by atoms with van der Waals surface area (Å²) in [7, 11) is 4.02. The Morgan fingerprint density at radius 2 is 1.59 bits per heavy atom. The maximum Gasteiger partial charge on any atom is 0.251 e. The number of fused-ring (bicyclic) bond motifs is 2. The highest BCUT2D eigenvalue weighted by molar-refractivity contribution is 6.07. The predicted molar refractivity (Wildman–Crippen MR) is 140 cm³/mol. The molecule has 5 rings (SSSR count). The van der Waals surface area contributed by atoms with Crippen molar-refractivity contribution in [3.05, 3.63) is 72.3 Å². The van der Waals surface area contributed by atoms with Gasteiger partial charge in [0.2, 0.25) is 5.95 Å². The lowest BCUT2D eigenvalue weighted by Gasteiger charge is -2.29. The predicted octanol–water partition coefficient (Wildman–Crippen LogP) is 5.25. The summed E-state index contributed by atoms with van der Waals surface area (Å²) in [5, 5.41) is 9.89. The second-order valence-electron chi connectivity index (χ2n) is 9.38. The van der Waals surface area contributed by atoms with Gasteiger partial charge in [0.25, 0.3) is 5.91 Å². The molecule has 6 nitrogen and oxygen atoms in total. The largest absolute Gasteiger partial charge is 0.362 e. The summed E-state index contributed by atoms with van der Waals surface area (Å²) in [5.74, 6) is 2.12. The van der Waals surface area contributed by atoms with Gasteiger partial charge in [0.05, 0.1) is 5.52 Å². The molecule has 34 heavy (non-hydrogen) atoms. The van der Waals surface area contributed by atoms with Crippen molar-refractivity contribution in [2.45, 2.75) is 31.7 Å². The first-order chi connectivity index (χ1) is 16.6. The normalized spacial score (nSPS) is 18.1. The molecule has 0 radical (unpaired) electrons. The molecular weight excluding hydrogens is 422 g/mol. The van der Waals surface area contributed by atoms with Crippen LogP contribution >= 0.6 is 0 Å². The number of carbonyl (C=O) groups is 1. The second kappa shape index (κ2) is 9.67. The van der Waals surface area contributed by atoms with Crippen LogP contribution in [0.3, 0.4) is 0 Å². The summed E-state index contributed by atoms with van der Waals surface area (Å²) in [6.45, 7) is 0.714. The zero-order valence-electron chi connectivity index (χ0n) is 19.8. The van der Waals surface area contributed by atoms with E-state index in [-0.39, 0.29) is 5.91 Å². The minimum atomic E-state index is 0.0119.